The molecule has 0 spiro atoms. The summed E-state index contributed by atoms with van der Waals surface area (Å²) in [4.78, 5) is 18.4. The third-order valence-electron chi connectivity index (χ3n) is 4.40. The molecule has 1 aromatic heterocycles. The van der Waals surface area contributed by atoms with Crippen molar-refractivity contribution >= 4 is 11.6 Å². The van der Waals surface area contributed by atoms with E-state index in [2.05, 4.69) is 17.2 Å². The van der Waals surface area contributed by atoms with Crippen LogP contribution in [0, 0.1) is 0 Å². The van der Waals surface area contributed by atoms with Gasteiger partial charge < -0.3 is 10.2 Å². The molecule has 0 bridgehead atoms. The predicted molar refractivity (Wildman–Crippen MR) is 91.2 cm³/mol. The summed E-state index contributed by atoms with van der Waals surface area (Å²) in [6.45, 7) is 2.92. The van der Waals surface area contributed by atoms with Crippen LogP contribution >= 0.6 is 0 Å². The Labute approximate surface area is 134 Å². The Bertz CT molecular complexity index is 467. The van der Waals surface area contributed by atoms with Crippen molar-refractivity contribution in [3.63, 3.8) is 0 Å². The Morgan fingerprint density at radius 2 is 2.05 bits per heavy atom. The highest BCUT2D eigenvalue weighted by Gasteiger charge is 2.15. The molecule has 22 heavy (non-hydrogen) atoms. The largest absolute Gasteiger partial charge is 0.382 e. The Kier molecular flexibility index (Phi) is 6.69. The van der Waals surface area contributed by atoms with E-state index in [1.54, 1.807) is 11.1 Å². The van der Waals surface area contributed by atoms with Crippen molar-refractivity contribution in [2.75, 3.05) is 18.9 Å². The van der Waals surface area contributed by atoms with E-state index in [1.807, 2.05) is 19.2 Å². The van der Waals surface area contributed by atoms with E-state index in [0.29, 0.717) is 11.7 Å². The molecular weight excluding hydrogens is 274 g/mol. The zero-order valence-corrected chi connectivity index (χ0v) is 14.0. The molecule has 1 N–H and O–H groups in total. The number of carbonyl (C=O) groups excluding carboxylic acids is 1. The van der Waals surface area contributed by atoms with Gasteiger partial charge in [0.15, 0.2) is 0 Å². The molecule has 0 aromatic carbocycles. The fourth-order valence-corrected chi connectivity index (χ4v) is 2.99. The first kappa shape index (κ1) is 16.8. The lowest BCUT2D eigenvalue weighted by Gasteiger charge is -2.19. The number of nitrogens with one attached hydrogen (secondary N) is 1. The molecule has 4 heteroatoms. The van der Waals surface area contributed by atoms with Crippen molar-refractivity contribution in [3.8, 4) is 0 Å². The average Bonchev–Trinajstić information content (AvgIpc) is 2.80. The number of rotatable bonds is 6. The Hall–Kier alpha value is -1.58. The van der Waals surface area contributed by atoms with Crippen molar-refractivity contribution < 1.29 is 4.79 Å². The molecule has 1 amide bonds. The minimum absolute atomic E-state index is 0.0120. The van der Waals surface area contributed by atoms with Gasteiger partial charge >= 0.3 is 0 Å². The van der Waals surface area contributed by atoms with Gasteiger partial charge in [-0.2, -0.15) is 0 Å². The highest BCUT2D eigenvalue weighted by atomic mass is 16.2. The number of aromatic nitrogens is 1. The van der Waals surface area contributed by atoms with E-state index < -0.39 is 0 Å². The van der Waals surface area contributed by atoms with Crippen LogP contribution < -0.4 is 5.32 Å². The summed E-state index contributed by atoms with van der Waals surface area (Å²) in [5, 5.41) is 3.59. The normalized spacial score (nSPS) is 16.1. The summed E-state index contributed by atoms with van der Waals surface area (Å²) < 4.78 is 0. The topological polar surface area (TPSA) is 45.2 Å². The number of unbranched alkanes of at least 4 members (excludes halogenated alkanes) is 1. The number of amides is 1. The van der Waals surface area contributed by atoms with Crippen molar-refractivity contribution in [1.82, 2.24) is 9.88 Å². The fraction of sp³-hybridized carbons (Fsp3) is 0.667. The highest BCUT2D eigenvalue weighted by Crippen LogP contribution is 2.21. The fourth-order valence-electron chi connectivity index (χ4n) is 2.99. The maximum Gasteiger partial charge on any atom is 0.272 e. The van der Waals surface area contributed by atoms with Gasteiger partial charge in [-0.05, 0) is 31.4 Å². The number of hydrogen-bond acceptors (Lipinski definition) is 3. The van der Waals surface area contributed by atoms with Crippen LogP contribution in [0.1, 0.15) is 68.8 Å². The number of pyridine rings is 1. The molecule has 0 radical (unpaired) electrons. The molecule has 0 atom stereocenters. The molecular formula is C18H29N3O. The molecule has 1 fully saturated rings. The smallest absolute Gasteiger partial charge is 0.272 e. The van der Waals surface area contributed by atoms with E-state index in [0.717, 1.165) is 25.1 Å². The molecule has 122 valence electrons. The average molecular weight is 303 g/mol. The molecule has 0 unspecified atom stereocenters. The van der Waals surface area contributed by atoms with Crippen molar-refractivity contribution in [2.24, 2.45) is 0 Å². The van der Waals surface area contributed by atoms with Crippen molar-refractivity contribution in [2.45, 2.75) is 64.3 Å². The van der Waals surface area contributed by atoms with E-state index in [4.69, 9.17) is 0 Å². The van der Waals surface area contributed by atoms with Gasteiger partial charge in [0.1, 0.15) is 5.69 Å². The second-order valence-corrected chi connectivity index (χ2v) is 6.34. The minimum Gasteiger partial charge on any atom is -0.382 e. The van der Waals surface area contributed by atoms with Crippen LogP contribution in [0.5, 0.6) is 0 Å². The molecule has 1 aliphatic carbocycles. The Morgan fingerprint density at radius 1 is 1.32 bits per heavy atom. The number of anilines is 1. The number of nitrogens with zero attached hydrogens (tertiary/aromatic N) is 2. The van der Waals surface area contributed by atoms with Crippen molar-refractivity contribution in [3.05, 3.63) is 24.0 Å². The summed E-state index contributed by atoms with van der Waals surface area (Å²) in [5.74, 6) is 0.0120. The first-order valence-corrected chi connectivity index (χ1v) is 8.68. The second kappa shape index (κ2) is 8.76. The highest BCUT2D eigenvalue weighted by molar-refractivity contribution is 5.92. The molecule has 1 saturated carbocycles. The molecule has 0 aliphatic heterocycles. The van der Waals surface area contributed by atoms with E-state index in [9.17, 15) is 4.79 Å². The van der Waals surface area contributed by atoms with Gasteiger partial charge in [-0.3, -0.25) is 9.78 Å². The summed E-state index contributed by atoms with van der Waals surface area (Å²) >= 11 is 0. The first-order chi connectivity index (χ1) is 10.7. The zero-order valence-electron chi connectivity index (χ0n) is 14.0. The van der Waals surface area contributed by atoms with Gasteiger partial charge in [-0.25, -0.2) is 0 Å². The summed E-state index contributed by atoms with van der Waals surface area (Å²) in [5.41, 5.74) is 1.56. The number of carbonyl (C=O) groups is 1. The second-order valence-electron chi connectivity index (χ2n) is 6.34. The van der Waals surface area contributed by atoms with Crippen LogP contribution in [0.3, 0.4) is 0 Å². The van der Waals surface area contributed by atoms with Crippen LogP contribution in [0.2, 0.25) is 0 Å². The van der Waals surface area contributed by atoms with E-state index in [1.165, 1.54) is 38.5 Å². The third-order valence-corrected chi connectivity index (χ3v) is 4.40. The first-order valence-electron chi connectivity index (χ1n) is 8.68. The zero-order chi connectivity index (χ0) is 15.8. The monoisotopic (exact) mass is 303 g/mol. The lowest BCUT2D eigenvalue weighted by Crippen LogP contribution is -2.28. The quantitative estimate of drug-likeness (QED) is 0.805. The molecule has 0 saturated heterocycles. The summed E-state index contributed by atoms with van der Waals surface area (Å²) in [7, 11) is 1.85. The summed E-state index contributed by atoms with van der Waals surface area (Å²) in [6.07, 6.45) is 11.6. The van der Waals surface area contributed by atoms with Crippen LogP contribution in [0.15, 0.2) is 18.3 Å². The lowest BCUT2D eigenvalue weighted by molar-refractivity contribution is 0.0787. The predicted octanol–water partition coefficient (Wildman–Crippen LogP) is 4.09. The van der Waals surface area contributed by atoms with Gasteiger partial charge in [-0.1, -0.05) is 39.0 Å². The standard InChI is InChI=1S/C18H29N3O/c1-3-4-13-21(2)18(22)17-14-16(11-12-19-17)20-15-9-7-5-6-8-10-15/h11-12,14-15H,3-10,13H2,1-2H3,(H,19,20). The minimum atomic E-state index is 0.0120. The van der Waals surface area contributed by atoms with Crippen LogP contribution in [-0.2, 0) is 0 Å². The third kappa shape index (κ3) is 5.00. The summed E-state index contributed by atoms with van der Waals surface area (Å²) in [6, 6.07) is 4.40. The molecule has 1 aliphatic rings. The van der Waals surface area contributed by atoms with Crippen molar-refractivity contribution in [1.29, 1.82) is 0 Å². The van der Waals surface area contributed by atoms with Gasteiger partial charge in [-0.15, -0.1) is 0 Å². The van der Waals surface area contributed by atoms with Gasteiger partial charge in [0, 0.05) is 31.5 Å². The van der Waals surface area contributed by atoms with Crippen LogP contribution in [0.25, 0.3) is 0 Å². The maximum atomic E-state index is 12.4. The number of hydrogen-bond donors (Lipinski definition) is 1. The Balaban J connectivity index is 1.98. The van der Waals surface area contributed by atoms with Gasteiger partial charge in [0.25, 0.3) is 5.91 Å². The molecule has 2 rings (SSSR count). The van der Waals surface area contributed by atoms with Gasteiger partial charge in [0.2, 0.25) is 0 Å². The Morgan fingerprint density at radius 3 is 2.73 bits per heavy atom. The van der Waals surface area contributed by atoms with Gasteiger partial charge in [0.05, 0.1) is 0 Å². The molecule has 1 aromatic rings. The van der Waals surface area contributed by atoms with E-state index >= 15 is 0 Å². The SMILES string of the molecule is CCCCN(C)C(=O)c1cc(NC2CCCCCC2)ccn1. The molecule has 1 heterocycles. The van der Waals surface area contributed by atoms with E-state index in [-0.39, 0.29) is 5.91 Å². The van der Waals surface area contributed by atoms with Crippen LogP contribution in [0.4, 0.5) is 5.69 Å². The molecule has 4 nitrogen and oxygen atoms in total. The maximum absolute atomic E-state index is 12.4. The van der Waals surface area contributed by atoms with Crippen LogP contribution in [-0.4, -0.2) is 35.4 Å². The lowest BCUT2D eigenvalue weighted by atomic mass is 10.1.